The van der Waals surface area contributed by atoms with Crippen molar-refractivity contribution in [1.29, 1.82) is 0 Å². The normalized spacial score (nSPS) is 12.0. The second-order valence-electron chi connectivity index (χ2n) is 8.09. The molecule has 2 N–H and O–H groups in total. The van der Waals surface area contributed by atoms with E-state index in [0.717, 1.165) is 16.1 Å². The third kappa shape index (κ3) is 7.13. The Morgan fingerprint density at radius 2 is 1.57 bits per heavy atom. The van der Waals surface area contributed by atoms with Gasteiger partial charge in [0.25, 0.3) is 5.91 Å². The molecule has 0 fully saturated rings. The number of sulfonamides is 1. The summed E-state index contributed by atoms with van der Waals surface area (Å²) in [6.45, 7) is 1.81. The fraction of sp³-hybridized carbons (Fsp3) is 0.231. The van der Waals surface area contributed by atoms with Crippen molar-refractivity contribution < 1.29 is 22.4 Å². The fourth-order valence-electron chi connectivity index (χ4n) is 3.60. The Bertz CT molecular complexity index is 1280. The number of rotatable bonds is 10. The number of para-hydroxylation sites is 2. The largest absolute Gasteiger partial charge is 0.345 e. The van der Waals surface area contributed by atoms with E-state index in [2.05, 4.69) is 10.6 Å². The lowest BCUT2D eigenvalue weighted by molar-refractivity contribution is -0.116. The summed E-state index contributed by atoms with van der Waals surface area (Å²) in [7, 11) is -3.74. The summed E-state index contributed by atoms with van der Waals surface area (Å²) in [4.78, 5) is 25.4. The van der Waals surface area contributed by atoms with Crippen molar-refractivity contribution in [2.45, 2.75) is 25.8 Å². The number of carbonyl (C=O) groups excluding carboxylic acids is 2. The molecule has 0 saturated carbocycles. The van der Waals surface area contributed by atoms with Crippen molar-refractivity contribution in [2.75, 3.05) is 22.4 Å². The topological polar surface area (TPSA) is 95.6 Å². The van der Waals surface area contributed by atoms with Gasteiger partial charge in [0.2, 0.25) is 15.9 Å². The number of nitrogens with one attached hydrogen (secondary N) is 2. The second-order valence-corrected chi connectivity index (χ2v) is 10.00. The number of halogens is 1. The smallest absolute Gasteiger partial charge is 0.253 e. The molecule has 184 valence electrons. The molecule has 3 rings (SSSR count). The van der Waals surface area contributed by atoms with E-state index in [0.29, 0.717) is 11.3 Å². The number of benzene rings is 3. The van der Waals surface area contributed by atoms with Crippen LogP contribution < -0.4 is 14.9 Å². The van der Waals surface area contributed by atoms with Gasteiger partial charge in [-0.15, -0.1) is 0 Å². The number of nitrogens with zero attached hydrogens (tertiary/aromatic N) is 1. The third-order valence-corrected chi connectivity index (χ3v) is 6.56. The van der Waals surface area contributed by atoms with Crippen LogP contribution in [0.1, 0.15) is 41.7 Å². The van der Waals surface area contributed by atoms with Crippen molar-refractivity contribution in [2.24, 2.45) is 0 Å². The quantitative estimate of drug-likeness (QED) is 0.431. The van der Waals surface area contributed by atoms with Crippen molar-refractivity contribution in [3.63, 3.8) is 0 Å². The molecule has 7 nitrogen and oxygen atoms in total. The minimum absolute atomic E-state index is 0.0170. The molecular formula is C26H28FN3O4S. The standard InChI is InChI=1S/C26H28FN3O4S/c1-19(20-11-4-3-5-12-20)28-26(32)21-13-6-8-15-23(21)29-25(31)17-10-18-30(35(2,33)34)24-16-9-7-14-22(24)27/h3-9,11-16,19H,10,17-18H2,1-2H3,(H,28,32)(H,29,31)/t19-/m1/s1. The Morgan fingerprint density at radius 1 is 0.943 bits per heavy atom. The Morgan fingerprint density at radius 3 is 2.26 bits per heavy atom. The van der Waals surface area contributed by atoms with Gasteiger partial charge in [-0.05, 0) is 43.2 Å². The van der Waals surface area contributed by atoms with Crippen LogP contribution in [0.4, 0.5) is 15.8 Å². The Balaban J connectivity index is 1.62. The first-order valence-electron chi connectivity index (χ1n) is 11.1. The van der Waals surface area contributed by atoms with Gasteiger partial charge in [0.1, 0.15) is 5.82 Å². The van der Waals surface area contributed by atoms with Gasteiger partial charge in [-0.2, -0.15) is 0 Å². The highest BCUT2D eigenvalue weighted by Gasteiger charge is 2.21. The molecule has 0 unspecified atom stereocenters. The molecule has 0 bridgehead atoms. The molecule has 1 atom stereocenters. The molecule has 0 radical (unpaired) electrons. The van der Waals surface area contributed by atoms with Crippen LogP contribution in [-0.2, 0) is 14.8 Å². The van der Waals surface area contributed by atoms with Crippen LogP contribution >= 0.6 is 0 Å². The number of hydrogen-bond donors (Lipinski definition) is 2. The first kappa shape index (κ1) is 25.9. The molecule has 3 aromatic carbocycles. The average molecular weight is 498 g/mol. The number of carbonyl (C=O) groups is 2. The molecule has 3 aromatic rings. The fourth-order valence-corrected chi connectivity index (χ4v) is 4.57. The van der Waals surface area contributed by atoms with Crippen LogP contribution in [0.5, 0.6) is 0 Å². The minimum atomic E-state index is -3.74. The molecule has 0 saturated heterocycles. The Kier molecular flexibility index (Phi) is 8.59. The van der Waals surface area contributed by atoms with Crippen LogP contribution in [-0.4, -0.2) is 33.0 Å². The SMILES string of the molecule is C[C@@H](NC(=O)c1ccccc1NC(=O)CCCN(c1ccccc1F)S(C)(=O)=O)c1ccccc1. The first-order chi connectivity index (χ1) is 16.7. The van der Waals surface area contributed by atoms with E-state index in [1.54, 1.807) is 30.3 Å². The maximum atomic E-state index is 14.1. The molecule has 0 spiro atoms. The van der Waals surface area contributed by atoms with Crippen molar-refractivity contribution in [3.05, 3.63) is 95.8 Å². The molecule has 0 aliphatic heterocycles. The van der Waals surface area contributed by atoms with Crippen molar-refractivity contribution >= 4 is 33.2 Å². The summed E-state index contributed by atoms with van der Waals surface area (Å²) >= 11 is 0. The predicted molar refractivity (Wildman–Crippen MR) is 135 cm³/mol. The summed E-state index contributed by atoms with van der Waals surface area (Å²) in [6.07, 6.45) is 1.13. The molecular weight excluding hydrogens is 469 g/mol. The van der Waals surface area contributed by atoms with Crippen LogP contribution in [0.2, 0.25) is 0 Å². The van der Waals surface area contributed by atoms with E-state index >= 15 is 0 Å². The van der Waals surface area contributed by atoms with Crippen LogP contribution in [0, 0.1) is 5.82 Å². The highest BCUT2D eigenvalue weighted by Crippen LogP contribution is 2.22. The predicted octanol–water partition coefficient (Wildman–Crippen LogP) is 4.50. The summed E-state index contributed by atoms with van der Waals surface area (Å²) in [5, 5.41) is 5.65. The molecule has 0 heterocycles. The number of hydrogen-bond acceptors (Lipinski definition) is 4. The summed E-state index contributed by atoms with van der Waals surface area (Å²) in [5.41, 5.74) is 1.55. The zero-order valence-corrected chi connectivity index (χ0v) is 20.4. The second kappa shape index (κ2) is 11.6. The lowest BCUT2D eigenvalue weighted by Gasteiger charge is -2.22. The van der Waals surface area contributed by atoms with Gasteiger partial charge < -0.3 is 10.6 Å². The molecule has 0 aliphatic rings. The van der Waals surface area contributed by atoms with Gasteiger partial charge in [-0.3, -0.25) is 13.9 Å². The number of anilines is 2. The third-order valence-electron chi connectivity index (χ3n) is 5.38. The number of amides is 2. The van der Waals surface area contributed by atoms with Crippen LogP contribution in [0.3, 0.4) is 0 Å². The van der Waals surface area contributed by atoms with E-state index in [9.17, 15) is 22.4 Å². The average Bonchev–Trinajstić information content (AvgIpc) is 2.82. The van der Waals surface area contributed by atoms with Gasteiger partial charge in [0.05, 0.1) is 29.2 Å². The highest BCUT2D eigenvalue weighted by molar-refractivity contribution is 7.92. The molecule has 0 aromatic heterocycles. The molecule has 35 heavy (non-hydrogen) atoms. The van der Waals surface area contributed by atoms with E-state index in [4.69, 9.17) is 0 Å². The zero-order chi connectivity index (χ0) is 25.4. The van der Waals surface area contributed by atoms with E-state index in [1.165, 1.54) is 18.2 Å². The lowest BCUT2D eigenvalue weighted by atomic mass is 10.1. The van der Waals surface area contributed by atoms with Crippen molar-refractivity contribution in [1.82, 2.24) is 5.32 Å². The van der Waals surface area contributed by atoms with E-state index in [-0.39, 0.29) is 42.9 Å². The molecule has 0 aliphatic carbocycles. The monoisotopic (exact) mass is 497 g/mol. The first-order valence-corrected chi connectivity index (χ1v) is 13.0. The maximum Gasteiger partial charge on any atom is 0.253 e. The molecule has 2 amide bonds. The Hall–Kier alpha value is -3.72. The zero-order valence-electron chi connectivity index (χ0n) is 19.6. The van der Waals surface area contributed by atoms with Gasteiger partial charge in [0, 0.05) is 13.0 Å². The van der Waals surface area contributed by atoms with Gasteiger partial charge in [-0.1, -0.05) is 54.6 Å². The molecule has 9 heteroatoms. The minimum Gasteiger partial charge on any atom is -0.345 e. The van der Waals surface area contributed by atoms with Crippen molar-refractivity contribution in [3.8, 4) is 0 Å². The van der Waals surface area contributed by atoms with Gasteiger partial charge in [-0.25, -0.2) is 12.8 Å². The van der Waals surface area contributed by atoms with Gasteiger partial charge in [0.15, 0.2) is 0 Å². The van der Waals surface area contributed by atoms with E-state index < -0.39 is 15.8 Å². The maximum absolute atomic E-state index is 14.1. The highest BCUT2D eigenvalue weighted by atomic mass is 32.2. The van der Waals surface area contributed by atoms with Crippen LogP contribution in [0.15, 0.2) is 78.9 Å². The van der Waals surface area contributed by atoms with E-state index in [1.807, 2.05) is 37.3 Å². The lowest BCUT2D eigenvalue weighted by Crippen LogP contribution is -2.32. The Labute approximate surface area is 205 Å². The summed E-state index contributed by atoms with van der Waals surface area (Å²) in [5.74, 6) is -1.38. The summed E-state index contributed by atoms with van der Waals surface area (Å²) in [6, 6.07) is 21.5. The van der Waals surface area contributed by atoms with Crippen LogP contribution in [0.25, 0.3) is 0 Å². The summed E-state index contributed by atoms with van der Waals surface area (Å²) < 4.78 is 39.4. The van der Waals surface area contributed by atoms with Gasteiger partial charge >= 0.3 is 0 Å².